The molecule has 1 fully saturated rings. The number of aliphatic hydroxyl groups is 1. The summed E-state index contributed by atoms with van der Waals surface area (Å²) in [6, 6.07) is 10.3. The first-order chi connectivity index (χ1) is 9.58. The van der Waals surface area contributed by atoms with Crippen molar-refractivity contribution in [3.63, 3.8) is 0 Å². The van der Waals surface area contributed by atoms with Crippen LogP contribution in [-0.2, 0) is 4.79 Å². The smallest absolute Gasteiger partial charge is 0.222 e. The summed E-state index contributed by atoms with van der Waals surface area (Å²) in [6.07, 6.45) is 3.27. The van der Waals surface area contributed by atoms with E-state index in [2.05, 4.69) is 19.1 Å². The van der Waals surface area contributed by atoms with Gasteiger partial charge in [0.2, 0.25) is 5.91 Å². The molecule has 1 aliphatic carbocycles. The molecule has 2 rings (SSSR count). The van der Waals surface area contributed by atoms with Gasteiger partial charge in [-0.1, -0.05) is 37.3 Å². The van der Waals surface area contributed by atoms with E-state index in [1.807, 2.05) is 18.2 Å². The summed E-state index contributed by atoms with van der Waals surface area (Å²) in [5.41, 5.74) is 1.28. The predicted molar refractivity (Wildman–Crippen MR) is 80.5 cm³/mol. The van der Waals surface area contributed by atoms with Crippen molar-refractivity contribution in [2.75, 3.05) is 13.6 Å². The maximum atomic E-state index is 12.1. The lowest BCUT2D eigenvalue weighted by atomic mass is 9.96. The molecule has 0 aliphatic heterocycles. The van der Waals surface area contributed by atoms with E-state index < -0.39 is 0 Å². The summed E-state index contributed by atoms with van der Waals surface area (Å²) in [5.74, 6) is 0.947. The Balaban J connectivity index is 1.73. The van der Waals surface area contributed by atoms with Crippen molar-refractivity contribution in [1.29, 1.82) is 0 Å². The van der Waals surface area contributed by atoms with Crippen molar-refractivity contribution in [2.45, 2.75) is 44.6 Å². The summed E-state index contributed by atoms with van der Waals surface area (Å²) in [7, 11) is 1.79. The van der Waals surface area contributed by atoms with E-state index in [1.54, 1.807) is 11.9 Å². The van der Waals surface area contributed by atoms with Gasteiger partial charge in [-0.3, -0.25) is 4.79 Å². The molecule has 2 unspecified atom stereocenters. The monoisotopic (exact) mass is 275 g/mol. The minimum absolute atomic E-state index is 0.132. The average molecular weight is 275 g/mol. The van der Waals surface area contributed by atoms with Crippen molar-refractivity contribution in [2.24, 2.45) is 5.92 Å². The third-order valence-electron chi connectivity index (χ3n) is 4.21. The van der Waals surface area contributed by atoms with E-state index in [0.29, 0.717) is 24.8 Å². The third kappa shape index (κ3) is 4.34. The summed E-state index contributed by atoms with van der Waals surface area (Å²) >= 11 is 0. The molecule has 3 heteroatoms. The van der Waals surface area contributed by atoms with E-state index in [4.69, 9.17) is 0 Å². The quantitative estimate of drug-likeness (QED) is 0.831. The molecule has 1 amide bonds. The molecule has 1 aliphatic rings. The van der Waals surface area contributed by atoms with Crippen LogP contribution in [0.5, 0.6) is 0 Å². The van der Waals surface area contributed by atoms with Crippen LogP contribution >= 0.6 is 0 Å². The minimum atomic E-state index is -0.338. The first-order valence-corrected chi connectivity index (χ1v) is 7.55. The average Bonchev–Trinajstić information content (AvgIpc) is 3.29. The molecular weight excluding hydrogens is 250 g/mol. The molecule has 0 bridgehead atoms. The first kappa shape index (κ1) is 15.0. The van der Waals surface area contributed by atoms with Crippen LogP contribution in [0.4, 0.5) is 0 Å². The number of rotatable bonds is 7. The molecule has 0 saturated heterocycles. The van der Waals surface area contributed by atoms with E-state index >= 15 is 0 Å². The number of hydrogen-bond donors (Lipinski definition) is 1. The molecule has 0 aromatic heterocycles. The lowest BCUT2D eigenvalue weighted by molar-refractivity contribution is -0.131. The SMILES string of the molecule is CC(CCC(=O)N(C)CC(O)C1CC1)c1ccccc1. The van der Waals surface area contributed by atoms with Gasteiger partial charge in [0.1, 0.15) is 0 Å². The van der Waals surface area contributed by atoms with E-state index in [1.165, 1.54) is 5.56 Å². The second kappa shape index (κ2) is 6.89. The Morgan fingerprint density at radius 1 is 1.35 bits per heavy atom. The van der Waals surface area contributed by atoms with E-state index in [0.717, 1.165) is 19.3 Å². The van der Waals surface area contributed by atoms with Gasteiger partial charge in [-0.2, -0.15) is 0 Å². The van der Waals surface area contributed by atoms with Gasteiger partial charge in [0.05, 0.1) is 6.10 Å². The zero-order valence-electron chi connectivity index (χ0n) is 12.5. The van der Waals surface area contributed by atoms with E-state index in [9.17, 15) is 9.90 Å². The topological polar surface area (TPSA) is 40.5 Å². The Morgan fingerprint density at radius 3 is 2.60 bits per heavy atom. The lowest BCUT2D eigenvalue weighted by Gasteiger charge is -2.21. The summed E-state index contributed by atoms with van der Waals surface area (Å²) < 4.78 is 0. The highest BCUT2D eigenvalue weighted by molar-refractivity contribution is 5.75. The van der Waals surface area contributed by atoms with Crippen molar-refractivity contribution in [3.8, 4) is 0 Å². The summed E-state index contributed by atoms with van der Waals surface area (Å²) in [5, 5.41) is 9.87. The Morgan fingerprint density at radius 2 is 2.00 bits per heavy atom. The van der Waals surface area contributed by atoms with Crippen LogP contribution in [0.2, 0.25) is 0 Å². The maximum absolute atomic E-state index is 12.1. The molecule has 0 heterocycles. The lowest BCUT2D eigenvalue weighted by Crippen LogP contribution is -2.35. The fourth-order valence-corrected chi connectivity index (χ4v) is 2.49. The van der Waals surface area contributed by atoms with Crippen LogP contribution in [0.15, 0.2) is 30.3 Å². The first-order valence-electron chi connectivity index (χ1n) is 7.55. The fraction of sp³-hybridized carbons (Fsp3) is 0.588. The van der Waals surface area contributed by atoms with Crippen molar-refractivity contribution < 1.29 is 9.90 Å². The van der Waals surface area contributed by atoms with Crippen LogP contribution < -0.4 is 0 Å². The standard InChI is InChI=1S/C17H25NO2/c1-13(14-6-4-3-5-7-14)8-11-17(20)18(2)12-16(19)15-9-10-15/h3-7,13,15-16,19H,8-12H2,1-2H3. The Bertz CT molecular complexity index is 428. The molecule has 2 atom stereocenters. The van der Waals surface area contributed by atoms with Crippen LogP contribution in [0, 0.1) is 5.92 Å². The Hall–Kier alpha value is -1.35. The van der Waals surface area contributed by atoms with Crippen LogP contribution in [0.3, 0.4) is 0 Å². The normalized spacial score (nSPS) is 17.6. The maximum Gasteiger partial charge on any atom is 0.222 e. The highest BCUT2D eigenvalue weighted by Gasteiger charge is 2.31. The molecule has 1 N–H and O–H groups in total. The molecule has 0 spiro atoms. The van der Waals surface area contributed by atoms with Crippen molar-refractivity contribution >= 4 is 5.91 Å². The van der Waals surface area contributed by atoms with Gasteiger partial charge in [0.25, 0.3) is 0 Å². The van der Waals surface area contributed by atoms with Gasteiger partial charge in [-0.15, -0.1) is 0 Å². The number of nitrogens with zero attached hydrogens (tertiary/aromatic N) is 1. The molecular formula is C17H25NO2. The Kier molecular flexibility index (Phi) is 5.18. The highest BCUT2D eigenvalue weighted by atomic mass is 16.3. The number of benzene rings is 1. The minimum Gasteiger partial charge on any atom is -0.391 e. The van der Waals surface area contributed by atoms with Crippen LogP contribution in [0.1, 0.15) is 44.1 Å². The van der Waals surface area contributed by atoms with Gasteiger partial charge in [-0.25, -0.2) is 0 Å². The highest BCUT2D eigenvalue weighted by Crippen LogP contribution is 2.32. The number of amides is 1. The molecule has 1 aromatic rings. The zero-order chi connectivity index (χ0) is 14.5. The van der Waals surface area contributed by atoms with Crippen molar-refractivity contribution in [1.82, 2.24) is 4.90 Å². The number of aliphatic hydroxyl groups excluding tert-OH is 1. The number of hydrogen-bond acceptors (Lipinski definition) is 2. The molecule has 110 valence electrons. The summed E-state index contributed by atoms with van der Waals surface area (Å²) in [6.45, 7) is 2.63. The molecule has 1 saturated carbocycles. The van der Waals surface area contributed by atoms with E-state index in [-0.39, 0.29) is 12.0 Å². The molecule has 20 heavy (non-hydrogen) atoms. The van der Waals surface area contributed by atoms with Gasteiger partial charge in [0, 0.05) is 20.0 Å². The molecule has 0 radical (unpaired) electrons. The van der Waals surface area contributed by atoms with Crippen LogP contribution in [0.25, 0.3) is 0 Å². The van der Waals surface area contributed by atoms with Gasteiger partial charge >= 0.3 is 0 Å². The largest absolute Gasteiger partial charge is 0.391 e. The second-order valence-corrected chi connectivity index (χ2v) is 6.03. The molecule has 1 aromatic carbocycles. The van der Waals surface area contributed by atoms with Crippen LogP contribution in [-0.4, -0.2) is 35.6 Å². The number of likely N-dealkylation sites (N-methyl/N-ethyl adjacent to an activating group) is 1. The summed E-state index contributed by atoms with van der Waals surface area (Å²) in [4.78, 5) is 13.8. The fourth-order valence-electron chi connectivity index (χ4n) is 2.49. The third-order valence-corrected chi connectivity index (χ3v) is 4.21. The van der Waals surface area contributed by atoms with Gasteiger partial charge in [-0.05, 0) is 36.7 Å². The van der Waals surface area contributed by atoms with Gasteiger partial charge in [0.15, 0.2) is 0 Å². The predicted octanol–water partition coefficient (Wildman–Crippen LogP) is 2.80. The second-order valence-electron chi connectivity index (χ2n) is 6.03. The van der Waals surface area contributed by atoms with Gasteiger partial charge < -0.3 is 10.0 Å². The zero-order valence-corrected chi connectivity index (χ0v) is 12.5. The number of carbonyl (C=O) groups excluding carboxylic acids is 1. The number of carbonyl (C=O) groups is 1. The Labute approximate surface area is 121 Å². The van der Waals surface area contributed by atoms with Crippen molar-refractivity contribution in [3.05, 3.63) is 35.9 Å². The molecule has 3 nitrogen and oxygen atoms in total.